The summed E-state index contributed by atoms with van der Waals surface area (Å²) in [6.45, 7) is 1.71. The second-order valence-electron chi connectivity index (χ2n) is 8.89. The Labute approximate surface area is 188 Å². The van der Waals surface area contributed by atoms with Crippen LogP contribution in [0.25, 0.3) is 0 Å². The molecular weight excluding hydrogens is 400 g/mol. The van der Waals surface area contributed by atoms with Gasteiger partial charge in [0.2, 0.25) is 6.29 Å². The van der Waals surface area contributed by atoms with Crippen LogP contribution < -0.4 is 0 Å². The Morgan fingerprint density at radius 2 is 1.16 bits per heavy atom. The average molecular weight is 447 g/mol. The lowest BCUT2D eigenvalue weighted by Gasteiger charge is -2.39. The van der Waals surface area contributed by atoms with Crippen LogP contribution in [0.3, 0.4) is 0 Å². The highest BCUT2D eigenvalue weighted by atomic mass is 16.7. The average Bonchev–Trinajstić information content (AvgIpc) is 2.76. The number of carbonyl (C=O) groups excluding carboxylic acids is 1. The van der Waals surface area contributed by atoms with Crippen molar-refractivity contribution in [3.8, 4) is 0 Å². The number of aliphatic hydroxyl groups is 4. The maximum absolute atomic E-state index is 12.0. The highest BCUT2D eigenvalue weighted by Crippen LogP contribution is 2.22. The first-order valence-corrected chi connectivity index (χ1v) is 12.5. The van der Waals surface area contributed by atoms with Crippen molar-refractivity contribution in [2.45, 2.75) is 140 Å². The highest BCUT2D eigenvalue weighted by molar-refractivity contribution is 5.69. The minimum atomic E-state index is -1.54. The number of aliphatic hydroxyl groups excluding tert-OH is 4. The molecule has 0 aliphatic carbocycles. The monoisotopic (exact) mass is 446 g/mol. The number of esters is 1. The molecule has 0 saturated carbocycles. The number of hydrogen-bond donors (Lipinski definition) is 4. The van der Waals surface area contributed by atoms with E-state index in [0.29, 0.717) is 6.42 Å². The van der Waals surface area contributed by atoms with E-state index in [0.717, 1.165) is 12.8 Å². The van der Waals surface area contributed by atoms with Crippen LogP contribution in [0.4, 0.5) is 0 Å². The molecular formula is C24H46O7. The van der Waals surface area contributed by atoms with Gasteiger partial charge in [0.05, 0.1) is 6.61 Å². The summed E-state index contributed by atoms with van der Waals surface area (Å²) in [7, 11) is 0. The lowest BCUT2D eigenvalue weighted by molar-refractivity contribution is -0.292. The first-order chi connectivity index (χ1) is 15.0. The maximum atomic E-state index is 12.0. The SMILES string of the molecule is CCCCCCCCCCCCCCCCCC(=O)O[C@@H]1O[C@H](CO)[C@@H](O)[C@H](O)[C@H]1O. The molecule has 0 radical (unpaired) electrons. The Morgan fingerprint density at radius 1 is 0.710 bits per heavy atom. The van der Waals surface area contributed by atoms with Crippen molar-refractivity contribution in [3.05, 3.63) is 0 Å². The van der Waals surface area contributed by atoms with Gasteiger partial charge in [0, 0.05) is 6.42 Å². The summed E-state index contributed by atoms with van der Waals surface area (Å²) in [6.07, 6.45) is 12.0. The van der Waals surface area contributed by atoms with Crippen LogP contribution in [-0.4, -0.2) is 63.7 Å². The van der Waals surface area contributed by atoms with E-state index in [1.54, 1.807) is 0 Å². The fraction of sp³-hybridized carbons (Fsp3) is 0.958. The molecule has 0 aromatic rings. The summed E-state index contributed by atoms with van der Waals surface area (Å²) >= 11 is 0. The van der Waals surface area contributed by atoms with Gasteiger partial charge in [0.15, 0.2) is 0 Å². The normalized spacial score (nSPS) is 26.2. The molecule has 0 spiro atoms. The van der Waals surface area contributed by atoms with Crippen LogP contribution in [0.15, 0.2) is 0 Å². The molecule has 0 aromatic carbocycles. The zero-order valence-corrected chi connectivity index (χ0v) is 19.4. The lowest BCUT2D eigenvalue weighted by Crippen LogP contribution is -2.59. The van der Waals surface area contributed by atoms with Gasteiger partial charge < -0.3 is 29.9 Å². The molecule has 1 aliphatic rings. The maximum Gasteiger partial charge on any atom is 0.308 e. The Balaban J connectivity index is 1.95. The first-order valence-electron chi connectivity index (χ1n) is 12.5. The van der Waals surface area contributed by atoms with E-state index in [9.17, 15) is 20.1 Å². The molecule has 7 heteroatoms. The van der Waals surface area contributed by atoms with E-state index in [2.05, 4.69) is 6.92 Å². The van der Waals surface area contributed by atoms with Gasteiger partial charge in [0.25, 0.3) is 0 Å². The van der Waals surface area contributed by atoms with Gasteiger partial charge in [-0.25, -0.2) is 0 Å². The first kappa shape index (κ1) is 28.3. The van der Waals surface area contributed by atoms with Gasteiger partial charge in [-0.3, -0.25) is 4.79 Å². The molecule has 184 valence electrons. The van der Waals surface area contributed by atoms with Gasteiger partial charge in [-0.2, -0.15) is 0 Å². The van der Waals surface area contributed by atoms with Crippen molar-refractivity contribution in [1.82, 2.24) is 0 Å². The summed E-state index contributed by atoms with van der Waals surface area (Å²) in [4.78, 5) is 12.0. The van der Waals surface area contributed by atoms with Gasteiger partial charge in [-0.05, 0) is 6.42 Å². The molecule has 0 amide bonds. The fourth-order valence-corrected chi connectivity index (χ4v) is 3.99. The van der Waals surface area contributed by atoms with Crippen LogP contribution in [-0.2, 0) is 14.3 Å². The Bertz CT molecular complexity index is 444. The number of carbonyl (C=O) groups is 1. The molecule has 0 aromatic heterocycles. The van der Waals surface area contributed by atoms with Crippen molar-refractivity contribution in [1.29, 1.82) is 0 Å². The molecule has 1 heterocycles. The van der Waals surface area contributed by atoms with Gasteiger partial charge in [0.1, 0.15) is 24.4 Å². The topological polar surface area (TPSA) is 116 Å². The number of unbranched alkanes of at least 4 members (excludes halogenated alkanes) is 14. The van der Waals surface area contributed by atoms with E-state index in [1.807, 2.05) is 0 Å². The van der Waals surface area contributed by atoms with Crippen LogP contribution in [0.2, 0.25) is 0 Å². The second-order valence-corrected chi connectivity index (χ2v) is 8.89. The minimum absolute atomic E-state index is 0.216. The molecule has 1 saturated heterocycles. The molecule has 0 bridgehead atoms. The molecule has 7 nitrogen and oxygen atoms in total. The summed E-state index contributed by atoms with van der Waals surface area (Å²) < 4.78 is 10.3. The zero-order valence-electron chi connectivity index (χ0n) is 19.4. The predicted molar refractivity (Wildman–Crippen MR) is 119 cm³/mol. The third kappa shape index (κ3) is 12.2. The second kappa shape index (κ2) is 17.8. The molecule has 5 atom stereocenters. The minimum Gasteiger partial charge on any atom is -0.433 e. The van der Waals surface area contributed by atoms with Crippen molar-refractivity contribution in [2.75, 3.05) is 6.61 Å². The van der Waals surface area contributed by atoms with Crippen LogP contribution in [0, 0.1) is 0 Å². The number of hydrogen-bond acceptors (Lipinski definition) is 7. The van der Waals surface area contributed by atoms with Crippen molar-refractivity contribution < 1.29 is 34.7 Å². The van der Waals surface area contributed by atoms with Crippen molar-refractivity contribution in [3.63, 3.8) is 0 Å². The summed E-state index contributed by atoms with van der Waals surface area (Å²) in [5.41, 5.74) is 0. The quantitative estimate of drug-likeness (QED) is 0.188. The molecule has 1 aliphatic heterocycles. The van der Waals surface area contributed by atoms with E-state index < -0.39 is 43.3 Å². The lowest BCUT2D eigenvalue weighted by atomic mass is 9.99. The fourth-order valence-electron chi connectivity index (χ4n) is 3.99. The van der Waals surface area contributed by atoms with Crippen LogP contribution in [0.5, 0.6) is 0 Å². The smallest absolute Gasteiger partial charge is 0.308 e. The van der Waals surface area contributed by atoms with Gasteiger partial charge >= 0.3 is 5.97 Å². The third-order valence-electron chi connectivity index (χ3n) is 6.08. The van der Waals surface area contributed by atoms with E-state index in [1.165, 1.54) is 77.0 Å². The Kier molecular flexibility index (Phi) is 16.2. The van der Waals surface area contributed by atoms with Crippen LogP contribution in [0.1, 0.15) is 110 Å². The standard InChI is InChI=1S/C24H46O7/c1-2-3-4-5-6-7-8-9-10-11-12-13-14-15-16-17-20(26)31-24-23(29)22(28)21(27)19(18-25)30-24/h19,21-25,27-29H,2-18H2,1H3/t19-,21-,22+,23-,24+/m1/s1. The summed E-state index contributed by atoms with van der Waals surface area (Å²) in [6, 6.07) is 0. The molecule has 31 heavy (non-hydrogen) atoms. The molecule has 0 unspecified atom stereocenters. The van der Waals surface area contributed by atoms with Crippen LogP contribution >= 0.6 is 0 Å². The molecule has 1 rings (SSSR count). The zero-order chi connectivity index (χ0) is 22.9. The summed E-state index contributed by atoms with van der Waals surface area (Å²) in [5, 5.41) is 38.5. The van der Waals surface area contributed by atoms with Gasteiger partial charge in [-0.15, -0.1) is 0 Å². The third-order valence-corrected chi connectivity index (χ3v) is 6.08. The van der Waals surface area contributed by atoms with Crippen molar-refractivity contribution in [2.24, 2.45) is 0 Å². The molecule has 1 fully saturated rings. The summed E-state index contributed by atoms with van der Waals surface area (Å²) in [5.74, 6) is -0.515. The molecule has 4 N–H and O–H groups in total. The van der Waals surface area contributed by atoms with E-state index in [4.69, 9.17) is 14.6 Å². The van der Waals surface area contributed by atoms with Gasteiger partial charge in [-0.1, -0.05) is 96.8 Å². The number of ether oxygens (including phenoxy) is 2. The van der Waals surface area contributed by atoms with E-state index >= 15 is 0 Å². The number of rotatable bonds is 18. The predicted octanol–water partition coefficient (Wildman–Crippen LogP) is 3.59. The Morgan fingerprint density at radius 3 is 1.61 bits per heavy atom. The van der Waals surface area contributed by atoms with Crippen molar-refractivity contribution >= 4 is 5.97 Å². The highest BCUT2D eigenvalue weighted by Gasteiger charge is 2.45. The Hall–Kier alpha value is -0.730. The van der Waals surface area contributed by atoms with E-state index in [-0.39, 0.29) is 6.42 Å². The largest absolute Gasteiger partial charge is 0.433 e.